The van der Waals surface area contributed by atoms with Crippen LogP contribution in [0.4, 0.5) is 0 Å². The van der Waals surface area contributed by atoms with Gasteiger partial charge >= 0.3 is 5.97 Å². The third-order valence-electron chi connectivity index (χ3n) is 2.82. The first-order valence-corrected chi connectivity index (χ1v) is 6.05. The van der Waals surface area contributed by atoms with Gasteiger partial charge < -0.3 is 14.4 Å². The second-order valence-corrected chi connectivity index (χ2v) is 4.50. The van der Waals surface area contributed by atoms with Crippen molar-refractivity contribution in [3.8, 4) is 0 Å². The number of carbonyl (C=O) groups is 1. The highest BCUT2D eigenvalue weighted by atomic mass is 16.5. The molecule has 0 bridgehead atoms. The van der Waals surface area contributed by atoms with Gasteiger partial charge in [0, 0.05) is 19.6 Å². The number of hydrogen-bond donors (Lipinski definition) is 0. The summed E-state index contributed by atoms with van der Waals surface area (Å²) in [5.74, 6) is 0.711. The molecule has 1 fully saturated rings. The quantitative estimate of drug-likeness (QED) is 0.441. The molecule has 0 aromatic carbocycles. The second-order valence-electron chi connectivity index (χ2n) is 4.50. The molecule has 16 heavy (non-hydrogen) atoms. The number of ether oxygens (including phenoxy) is 2. The van der Waals surface area contributed by atoms with Crippen molar-refractivity contribution in [1.82, 2.24) is 4.90 Å². The summed E-state index contributed by atoms with van der Waals surface area (Å²) in [6.45, 7) is 3.58. The Kier molecular flexibility index (Phi) is 6.42. The number of hydrogen-bond acceptors (Lipinski definition) is 4. The van der Waals surface area contributed by atoms with Gasteiger partial charge in [-0.05, 0) is 38.8 Å². The minimum atomic E-state index is -0.126. The van der Waals surface area contributed by atoms with Crippen molar-refractivity contribution in [2.24, 2.45) is 5.92 Å². The Balaban J connectivity index is 1.85. The monoisotopic (exact) mass is 229 g/mol. The first kappa shape index (κ1) is 13.5. The highest BCUT2D eigenvalue weighted by Crippen LogP contribution is 2.28. The first-order valence-electron chi connectivity index (χ1n) is 6.05. The maximum atomic E-state index is 10.9. The Bertz CT molecular complexity index is 204. The lowest BCUT2D eigenvalue weighted by molar-refractivity contribution is -0.140. The highest BCUT2D eigenvalue weighted by Gasteiger charge is 2.20. The fraction of sp³-hybridized carbons (Fsp3) is 0.917. The van der Waals surface area contributed by atoms with Crippen molar-refractivity contribution >= 4 is 5.97 Å². The molecule has 0 aliphatic heterocycles. The molecular formula is C12H23NO3. The molecule has 0 spiro atoms. The van der Waals surface area contributed by atoms with E-state index in [0.29, 0.717) is 6.42 Å². The highest BCUT2D eigenvalue weighted by molar-refractivity contribution is 5.69. The van der Waals surface area contributed by atoms with Crippen LogP contribution in [-0.4, -0.2) is 51.3 Å². The summed E-state index contributed by atoms with van der Waals surface area (Å²) in [5, 5.41) is 0. The Morgan fingerprint density at radius 1 is 1.38 bits per heavy atom. The molecule has 94 valence electrons. The van der Waals surface area contributed by atoms with Gasteiger partial charge in [-0.1, -0.05) is 0 Å². The average Bonchev–Trinajstić information content (AvgIpc) is 3.08. The van der Waals surface area contributed by atoms with Crippen molar-refractivity contribution < 1.29 is 14.3 Å². The van der Waals surface area contributed by atoms with Gasteiger partial charge in [-0.25, -0.2) is 0 Å². The van der Waals surface area contributed by atoms with Crippen molar-refractivity contribution in [1.29, 1.82) is 0 Å². The second kappa shape index (κ2) is 7.63. The van der Waals surface area contributed by atoms with Gasteiger partial charge in [0.15, 0.2) is 0 Å². The van der Waals surface area contributed by atoms with Crippen LogP contribution < -0.4 is 0 Å². The minimum Gasteiger partial charge on any atom is -0.469 e. The van der Waals surface area contributed by atoms with Crippen LogP contribution in [0.15, 0.2) is 0 Å². The van der Waals surface area contributed by atoms with Crippen LogP contribution in [0.1, 0.15) is 25.7 Å². The molecule has 1 saturated carbocycles. The summed E-state index contributed by atoms with van der Waals surface area (Å²) in [5.41, 5.74) is 0. The summed E-state index contributed by atoms with van der Waals surface area (Å²) < 4.78 is 10.1. The van der Waals surface area contributed by atoms with Crippen LogP contribution in [0, 0.1) is 5.92 Å². The van der Waals surface area contributed by atoms with Gasteiger partial charge in [-0.3, -0.25) is 4.79 Å². The number of carbonyl (C=O) groups excluding carboxylic acids is 1. The topological polar surface area (TPSA) is 38.8 Å². The molecule has 0 amide bonds. The van der Waals surface area contributed by atoms with Gasteiger partial charge in [0.05, 0.1) is 13.7 Å². The lowest BCUT2D eigenvalue weighted by atomic mass is 10.3. The molecule has 0 saturated heterocycles. The van der Waals surface area contributed by atoms with Crippen molar-refractivity contribution in [2.75, 3.05) is 40.5 Å². The summed E-state index contributed by atoms with van der Waals surface area (Å²) >= 11 is 0. The Hall–Kier alpha value is -0.610. The number of esters is 1. The Morgan fingerprint density at radius 2 is 2.12 bits per heavy atom. The Labute approximate surface area is 97.9 Å². The van der Waals surface area contributed by atoms with Crippen LogP contribution in [0.2, 0.25) is 0 Å². The third kappa shape index (κ3) is 6.80. The molecule has 0 radical (unpaired) electrons. The molecule has 0 atom stereocenters. The lowest BCUT2D eigenvalue weighted by Crippen LogP contribution is -2.25. The zero-order chi connectivity index (χ0) is 11.8. The molecule has 0 aromatic rings. The summed E-state index contributed by atoms with van der Waals surface area (Å²) in [6, 6.07) is 0. The molecule has 4 nitrogen and oxygen atoms in total. The van der Waals surface area contributed by atoms with E-state index in [1.807, 2.05) is 0 Å². The molecule has 1 rings (SSSR count). The molecule has 0 unspecified atom stereocenters. The molecule has 4 heteroatoms. The number of rotatable bonds is 9. The van der Waals surface area contributed by atoms with Crippen LogP contribution in [0.3, 0.4) is 0 Å². The van der Waals surface area contributed by atoms with Crippen LogP contribution in [0.25, 0.3) is 0 Å². The van der Waals surface area contributed by atoms with Crippen molar-refractivity contribution in [3.63, 3.8) is 0 Å². The van der Waals surface area contributed by atoms with E-state index >= 15 is 0 Å². The summed E-state index contributed by atoms with van der Waals surface area (Å²) in [7, 11) is 3.48. The molecular weight excluding hydrogens is 206 g/mol. The Morgan fingerprint density at radius 3 is 2.75 bits per heavy atom. The maximum absolute atomic E-state index is 10.9. The van der Waals surface area contributed by atoms with E-state index in [1.165, 1.54) is 20.0 Å². The van der Waals surface area contributed by atoms with Gasteiger partial charge in [0.1, 0.15) is 0 Å². The summed E-state index contributed by atoms with van der Waals surface area (Å²) in [6.07, 6.45) is 4.04. The van der Waals surface area contributed by atoms with E-state index in [1.54, 1.807) is 0 Å². The predicted octanol–water partition coefficient (Wildman–Crippen LogP) is 1.30. The molecule has 1 aliphatic rings. The largest absolute Gasteiger partial charge is 0.469 e. The number of nitrogens with zero attached hydrogens (tertiary/aromatic N) is 1. The predicted molar refractivity (Wildman–Crippen MR) is 62.3 cm³/mol. The molecule has 1 aliphatic carbocycles. The van der Waals surface area contributed by atoms with Crippen LogP contribution in [-0.2, 0) is 14.3 Å². The third-order valence-corrected chi connectivity index (χ3v) is 2.82. The van der Waals surface area contributed by atoms with E-state index < -0.39 is 0 Å². The SMILES string of the molecule is COC(=O)CCCN(C)CCOCC1CC1. The maximum Gasteiger partial charge on any atom is 0.305 e. The van der Waals surface area contributed by atoms with E-state index in [0.717, 1.165) is 38.6 Å². The number of methoxy groups -OCH3 is 1. The normalized spacial score (nSPS) is 15.4. The van der Waals surface area contributed by atoms with E-state index in [-0.39, 0.29) is 5.97 Å². The fourth-order valence-corrected chi connectivity index (χ4v) is 1.46. The zero-order valence-electron chi connectivity index (χ0n) is 10.4. The van der Waals surface area contributed by atoms with Crippen LogP contribution in [0.5, 0.6) is 0 Å². The van der Waals surface area contributed by atoms with E-state index in [4.69, 9.17) is 4.74 Å². The standard InChI is InChI=1S/C12H23NO3/c1-13(7-3-4-12(14)15-2)8-9-16-10-11-5-6-11/h11H,3-10H2,1-2H3. The average molecular weight is 229 g/mol. The molecule has 0 heterocycles. The molecule has 0 aromatic heterocycles. The smallest absolute Gasteiger partial charge is 0.305 e. The first-order chi connectivity index (χ1) is 7.72. The number of likely N-dealkylation sites (N-methyl/N-ethyl adjacent to an activating group) is 1. The zero-order valence-corrected chi connectivity index (χ0v) is 10.4. The van der Waals surface area contributed by atoms with Gasteiger partial charge in [-0.15, -0.1) is 0 Å². The summed E-state index contributed by atoms with van der Waals surface area (Å²) in [4.78, 5) is 13.1. The van der Waals surface area contributed by atoms with Gasteiger partial charge in [-0.2, -0.15) is 0 Å². The van der Waals surface area contributed by atoms with Crippen LogP contribution >= 0.6 is 0 Å². The van der Waals surface area contributed by atoms with Gasteiger partial charge in [0.25, 0.3) is 0 Å². The van der Waals surface area contributed by atoms with Crippen molar-refractivity contribution in [3.05, 3.63) is 0 Å². The lowest BCUT2D eigenvalue weighted by Gasteiger charge is -2.15. The molecule has 0 N–H and O–H groups in total. The minimum absolute atomic E-state index is 0.126. The van der Waals surface area contributed by atoms with E-state index in [9.17, 15) is 4.79 Å². The fourth-order valence-electron chi connectivity index (χ4n) is 1.46. The van der Waals surface area contributed by atoms with E-state index in [2.05, 4.69) is 16.7 Å². The van der Waals surface area contributed by atoms with Crippen molar-refractivity contribution in [2.45, 2.75) is 25.7 Å². The van der Waals surface area contributed by atoms with Gasteiger partial charge in [0.2, 0.25) is 0 Å².